The molecule has 0 bridgehead atoms. The summed E-state index contributed by atoms with van der Waals surface area (Å²) >= 11 is 0. The number of rotatable bonds is 6. The molecule has 5 nitrogen and oxygen atoms in total. The van der Waals surface area contributed by atoms with Gasteiger partial charge in [-0.15, -0.1) is 0 Å². The molecule has 1 aromatic carbocycles. The number of carbonyl (C=O) groups excluding carboxylic acids is 1. The highest BCUT2D eigenvalue weighted by Crippen LogP contribution is 2.16. The molecule has 1 N–H and O–H groups in total. The number of allylic oxidation sites excluding steroid dienone is 2. The molecule has 0 spiro atoms. The van der Waals surface area contributed by atoms with Crippen LogP contribution in [0.3, 0.4) is 0 Å². The van der Waals surface area contributed by atoms with Crippen molar-refractivity contribution < 1.29 is 22.5 Å². The number of carbonyl (C=O) groups is 1. The Morgan fingerprint density at radius 1 is 1.32 bits per heavy atom. The predicted octanol–water partition coefficient (Wildman–Crippen LogP) is 2.59. The number of ether oxygens (including phenoxy) is 1. The van der Waals surface area contributed by atoms with E-state index in [1.165, 1.54) is 24.3 Å². The average molecular weight is 284 g/mol. The van der Waals surface area contributed by atoms with E-state index < -0.39 is 10.1 Å². The molecule has 1 rings (SSSR count). The molecule has 104 valence electrons. The summed E-state index contributed by atoms with van der Waals surface area (Å²) in [5.41, 5.74) is 0. The van der Waals surface area contributed by atoms with Gasteiger partial charge in [0.25, 0.3) is 10.1 Å². The van der Waals surface area contributed by atoms with Crippen LogP contribution in [0.15, 0.2) is 41.3 Å². The molecule has 0 saturated carbocycles. The maximum absolute atomic E-state index is 11.4. The minimum absolute atomic E-state index is 0.236. The van der Waals surface area contributed by atoms with Gasteiger partial charge in [-0.1, -0.05) is 12.2 Å². The van der Waals surface area contributed by atoms with Crippen LogP contribution in [0.2, 0.25) is 0 Å². The molecule has 0 saturated heterocycles. The number of hydrogen-bond donors (Lipinski definition) is 1. The van der Waals surface area contributed by atoms with Gasteiger partial charge in [0.1, 0.15) is 5.75 Å². The molecular weight excluding hydrogens is 268 g/mol. The number of esters is 1. The lowest BCUT2D eigenvalue weighted by atomic mass is 10.2. The first-order valence-corrected chi connectivity index (χ1v) is 7.27. The van der Waals surface area contributed by atoms with E-state index in [0.29, 0.717) is 12.8 Å². The number of hydrogen-bond acceptors (Lipinski definition) is 4. The van der Waals surface area contributed by atoms with Crippen LogP contribution in [0.5, 0.6) is 5.75 Å². The summed E-state index contributed by atoms with van der Waals surface area (Å²) in [5, 5.41) is 0. The zero-order valence-corrected chi connectivity index (χ0v) is 11.4. The summed E-state index contributed by atoms with van der Waals surface area (Å²) in [4.78, 5) is 11.2. The Bertz CT molecular complexity index is 543. The second-order valence-electron chi connectivity index (χ2n) is 3.88. The van der Waals surface area contributed by atoms with Crippen molar-refractivity contribution in [1.82, 2.24) is 0 Å². The molecule has 0 heterocycles. The van der Waals surface area contributed by atoms with E-state index in [4.69, 9.17) is 9.29 Å². The van der Waals surface area contributed by atoms with Crippen molar-refractivity contribution in [3.05, 3.63) is 36.4 Å². The molecule has 0 aliphatic rings. The van der Waals surface area contributed by atoms with Gasteiger partial charge in [0, 0.05) is 6.42 Å². The van der Waals surface area contributed by atoms with E-state index in [9.17, 15) is 13.2 Å². The SMILES string of the molecule is CC=CCCCC(=O)Oc1ccc(S(=O)(=O)O)cc1. The normalized spacial score (nSPS) is 11.7. The third-order valence-electron chi connectivity index (χ3n) is 2.34. The molecule has 0 aromatic heterocycles. The van der Waals surface area contributed by atoms with Crippen LogP contribution < -0.4 is 4.74 Å². The molecule has 0 fully saturated rings. The summed E-state index contributed by atoms with van der Waals surface area (Å²) in [5.74, 6) is -0.118. The second-order valence-corrected chi connectivity index (χ2v) is 5.30. The molecular formula is C13H16O5S. The maximum Gasteiger partial charge on any atom is 0.311 e. The third kappa shape index (κ3) is 5.67. The van der Waals surface area contributed by atoms with Crippen molar-refractivity contribution in [1.29, 1.82) is 0 Å². The van der Waals surface area contributed by atoms with Crippen LogP contribution in [0.1, 0.15) is 26.2 Å². The lowest BCUT2D eigenvalue weighted by molar-refractivity contribution is -0.134. The first-order valence-electron chi connectivity index (χ1n) is 5.83. The van der Waals surface area contributed by atoms with Gasteiger partial charge in [0.05, 0.1) is 4.90 Å². The monoisotopic (exact) mass is 284 g/mol. The van der Waals surface area contributed by atoms with Gasteiger partial charge >= 0.3 is 5.97 Å². The molecule has 0 aliphatic carbocycles. The van der Waals surface area contributed by atoms with E-state index in [-0.39, 0.29) is 16.6 Å². The van der Waals surface area contributed by atoms with Crippen molar-refractivity contribution in [2.45, 2.75) is 31.1 Å². The largest absolute Gasteiger partial charge is 0.427 e. The van der Waals surface area contributed by atoms with Gasteiger partial charge in [0.15, 0.2) is 0 Å². The van der Waals surface area contributed by atoms with Crippen LogP contribution in [0, 0.1) is 0 Å². The van der Waals surface area contributed by atoms with E-state index in [2.05, 4.69) is 0 Å². The standard InChI is InChI=1S/C13H16O5S/c1-2-3-4-5-6-13(14)18-11-7-9-12(10-8-11)19(15,16)17/h2-3,7-10H,4-6H2,1H3,(H,15,16,17). The quantitative estimate of drug-likeness (QED) is 0.285. The van der Waals surface area contributed by atoms with Crippen LogP contribution in [0.4, 0.5) is 0 Å². The van der Waals surface area contributed by atoms with Crippen molar-refractivity contribution in [2.75, 3.05) is 0 Å². The van der Waals surface area contributed by atoms with Gasteiger partial charge in [-0.25, -0.2) is 0 Å². The van der Waals surface area contributed by atoms with Gasteiger partial charge < -0.3 is 4.74 Å². The highest BCUT2D eigenvalue weighted by molar-refractivity contribution is 7.85. The summed E-state index contributed by atoms with van der Waals surface area (Å²) in [6, 6.07) is 5.01. The van der Waals surface area contributed by atoms with Gasteiger partial charge in [-0.2, -0.15) is 8.42 Å². The smallest absolute Gasteiger partial charge is 0.311 e. The summed E-state index contributed by atoms with van der Waals surface area (Å²) in [6.45, 7) is 1.91. The minimum Gasteiger partial charge on any atom is -0.427 e. The van der Waals surface area contributed by atoms with Crippen molar-refractivity contribution >= 4 is 16.1 Å². The Hall–Kier alpha value is -1.66. The molecule has 0 unspecified atom stereocenters. The zero-order chi connectivity index (χ0) is 14.3. The molecule has 6 heteroatoms. The molecule has 0 radical (unpaired) electrons. The van der Waals surface area contributed by atoms with E-state index in [0.717, 1.165) is 6.42 Å². The topological polar surface area (TPSA) is 80.7 Å². The molecule has 1 aromatic rings. The van der Waals surface area contributed by atoms with E-state index in [1.807, 2.05) is 19.1 Å². The summed E-state index contributed by atoms with van der Waals surface area (Å²) < 4.78 is 35.4. The highest BCUT2D eigenvalue weighted by Gasteiger charge is 2.10. The lowest BCUT2D eigenvalue weighted by Gasteiger charge is -2.04. The second kappa shape index (κ2) is 7.06. The van der Waals surface area contributed by atoms with Crippen LogP contribution in [-0.4, -0.2) is 18.9 Å². The van der Waals surface area contributed by atoms with Crippen LogP contribution in [-0.2, 0) is 14.9 Å². The number of benzene rings is 1. The van der Waals surface area contributed by atoms with Gasteiger partial charge in [-0.3, -0.25) is 9.35 Å². The number of unbranched alkanes of at least 4 members (excludes halogenated alkanes) is 1. The fourth-order valence-corrected chi connectivity index (χ4v) is 1.87. The first kappa shape index (κ1) is 15.4. The fraction of sp³-hybridized carbons (Fsp3) is 0.308. The Morgan fingerprint density at radius 3 is 2.47 bits per heavy atom. The Labute approximate surface area is 112 Å². The predicted molar refractivity (Wildman–Crippen MR) is 70.6 cm³/mol. The Morgan fingerprint density at radius 2 is 1.95 bits per heavy atom. The van der Waals surface area contributed by atoms with Crippen LogP contribution >= 0.6 is 0 Å². The van der Waals surface area contributed by atoms with E-state index >= 15 is 0 Å². The molecule has 0 aliphatic heterocycles. The highest BCUT2D eigenvalue weighted by atomic mass is 32.2. The van der Waals surface area contributed by atoms with Gasteiger partial charge in [0.2, 0.25) is 0 Å². The van der Waals surface area contributed by atoms with Crippen molar-refractivity contribution in [2.24, 2.45) is 0 Å². The summed E-state index contributed by atoms with van der Waals surface area (Å²) in [6.07, 6.45) is 5.69. The molecule has 0 atom stereocenters. The molecule has 0 amide bonds. The maximum atomic E-state index is 11.4. The van der Waals surface area contributed by atoms with Gasteiger partial charge in [-0.05, 0) is 44.0 Å². The Kier molecular flexibility index (Phi) is 5.72. The minimum atomic E-state index is -4.22. The zero-order valence-electron chi connectivity index (χ0n) is 10.6. The third-order valence-corrected chi connectivity index (χ3v) is 3.21. The molecule has 19 heavy (non-hydrogen) atoms. The first-order chi connectivity index (χ1) is 8.93. The average Bonchev–Trinajstić information content (AvgIpc) is 2.34. The van der Waals surface area contributed by atoms with Crippen LogP contribution in [0.25, 0.3) is 0 Å². The Balaban J connectivity index is 2.51. The summed E-state index contributed by atoms with van der Waals surface area (Å²) in [7, 11) is -4.22. The fourth-order valence-electron chi connectivity index (χ4n) is 1.39. The van der Waals surface area contributed by atoms with Crippen molar-refractivity contribution in [3.63, 3.8) is 0 Å². The lowest BCUT2D eigenvalue weighted by Crippen LogP contribution is -2.07. The van der Waals surface area contributed by atoms with Crippen molar-refractivity contribution in [3.8, 4) is 5.75 Å². The van der Waals surface area contributed by atoms with E-state index in [1.54, 1.807) is 0 Å².